The van der Waals surface area contributed by atoms with Gasteiger partial charge in [0.25, 0.3) is 5.91 Å². The predicted octanol–water partition coefficient (Wildman–Crippen LogP) is 2.45. The summed E-state index contributed by atoms with van der Waals surface area (Å²) < 4.78 is 11.2. The molecule has 20 heavy (non-hydrogen) atoms. The molecule has 0 radical (unpaired) electrons. The molecule has 2 rings (SSSR count). The number of carbonyl (C=O) groups is 1. The number of ether oxygens (including phenoxy) is 2. The summed E-state index contributed by atoms with van der Waals surface area (Å²) >= 11 is 0. The fourth-order valence-corrected chi connectivity index (χ4v) is 2.24. The zero-order valence-corrected chi connectivity index (χ0v) is 12.2. The summed E-state index contributed by atoms with van der Waals surface area (Å²) in [5.74, 6) is 0.665. The molecule has 0 bridgehead atoms. The van der Waals surface area contributed by atoms with Crippen molar-refractivity contribution in [2.45, 2.75) is 45.3 Å². The highest BCUT2D eigenvalue weighted by Crippen LogP contribution is 2.15. The molecule has 0 aliphatic carbocycles. The summed E-state index contributed by atoms with van der Waals surface area (Å²) in [6.45, 7) is 5.35. The SMILES string of the molecule is CC[C@H](Oc1ccc(C)cc1)C(=O)NC[C@@H]1CCCO1. The number of aryl methyl sites for hydroxylation is 1. The van der Waals surface area contributed by atoms with Gasteiger partial charge in [-0.25, -0.2) is 0 Å². The van der Waals surface area contributed by atoms with Crippen molar-refractivity contribution < 1.29 is 14.3 Å². The lowest BCUT2D eigenvalue weighted by atomic mass is 10.2. The Balaban J connectivity index is 1.83. The molecule has 110 valence electrons. The van der Waals surface area contributed by atoms with Gasteiger partial charge in [-0.3, -0.25) is 4.79 Å². The topological polar surface area (TPSA) is 47.6 Å². The van der Waals surface area contributed by atoms with Gasteiger partial charge in [-0.15, -0.1) is 0 Å². The average molecular weight is 277 g/mol. The van der Waals surface area contributed by atoms with E-state index in [0.29, 0.717) is 13.0 Å². The summed E-state index contributed by atoms with van der Waals surface area (Å²) in [4.78, 5) is 12.1. The molecule has 0 spiro atoms. The second-order valence-corrected chi connectivity index (χ2v) is 5.21. The highest BCUT2D eigenvalue weighted by Gasteiger charge is 2.21. The second-order valence-electron chi connectivity index (χ2n) is 5.21. The molecule has 0 aromatic heterocycles. The minimum absolute atomic E-state index is 0.0661. The molecule has 1 aliphatic heterocycles. The van der Waals surface area contributed by atoms with Crippen LogP contribution in [0.15, 0.2) is 24.3 Å². The van der Waals surface area contributed by atoms with Crippen molar-refractivity contribution in [3.8, 4) is 5.75 Å². The Morgan fingerprint density at radius 2 is 2.20 bits per heavy atom. The summed E-state index contributed by atoms with van der Waals surface area (Å²) in [6, 6.07) is 7.75. The van der Waals surface area contributed by atoms with Crippen LogP contribution >= 0.6 is 0 Å². The first-order valence-corrected chi connectivity index (χ1v) is 7.31. The van der Waals surface area contributed by atoms with Gasteiger partial charge < -0.3 is 14.8 Å². The Labute approximate surface area is 120 Å². The number of amides is 1. The third kappa shape index (κ3) is 4.23. The minimum atomic E-state index is -0.445. The lowest BCUT2D eigenvalue weighted by Crippen LogP contribution is -2.41. The van der Waals surface area contributed by atoms with Crippen LogP contribution in [0, 0.1) is 6.92 Å². The molecule has 1 heterocycles. The summed E-state index contributed by atoms with van der Waals surface area (Å²) in [5.41, 5.74) is 1.17. The van der Waals surface area contributed by atoms with E-state index in [0.717, 1.165) is 25.2 Å². The van der Waals surface area contributed by atoms with Gasteiger partial charge in [-0.1, -0.05) is 24.6 Å². The highest BCUT2D eigenvalue weighted by atomic mass is 16.5. The van der Waals surface area contributed by atoms with Crippen LogP contribution < -0.4 is 10.1 Å². The normalized spacial score (nSPS) is 19.6. The van der Waals surface area contributed by atoms with E-state index in [1.807, 2.05) is 38.1 Å². The third-order valence-electron chi connectivity index (χ3n) is 3.49. The van der Waals surface area contributed by atoms with Crippen LogP contribution in [0.3, 0.4) is 0 Å². The predicted molar refractivity (Wildman–Crippen MR) is 77.9 cm³/mol. The Morgan fingerprint density at radius 1 is 1.45 bits per heavy atom. The van der Waals surface area contributed by atoms with Crippen LogP contribution in [0.2, 0.25) is 0 Å². The molecule has 2 atom stereocenters. The van der Waals surface area contributed by atoms with E-state index in [1.165, 1.54) is 5.56 Å². The molecule has 1 amide bonds. The standard InChI is InChI=1S/C16H23NO3/c1-3-15(20-13-8-6-12(2)7-9-13)16(18)17-11-14-5-4-10-19-14/h6-9,14-15H,3-5,10-11H2,1-2H3,(H,17,18)/t14-,15-/m0/s1. The lowest BCUT2D eigenvalue weighted by molar-refractivity contribution is -0.128. The van der Waals surface area contributed by atoms with Gasteiger partial charge in [-0.05, 0) is 38.3 Å². The van der Waals surface area contributed by atoms with E-state index in [2.05, 4.69) is 5.32 Å². The maximum atomic E-state index is 12.1. The zero-order valence-electron chi connectivity index (χ0n) is 12.2. The van der Waals surface area contributed by atoms with Gasteiger partial charge in [0.1, 0.15) is 5.75 Å². The molecule has 4 nitrogen and oxygen atoms in total. The Morgan fingerprint density at radius 3 is 2.80 bits per heavy atom. The molecule has 0 saturated carbocycles. The first-order valence-electron chi connectivity index (χ1n) is 7.31. The Hall–Kier alpha value is -1.55. The molecule has 1 aromatic rings. The number of benzene rings is 1. The van der Waals surface area contributed by atoms with Gasteiger partial charge in [0, 0.05) is 13.2 Å². The molecular formula is C16H23NO3. The summed E-state index contributed by atoms with van der Waals surface area (Å²) in [5, 5.41) is 2.92. The van der Waals surface area contributed by atoms with Crippen molar-refractivity contribution in [1.29, 1.82) is 0 Å². The van der Waals surface area contributed by atoms with Crippen molar-refractivity contribution >= 4 is 5.91 Å². The molecule has 1 saturated heterocycles. The minimum Gasteiger partial charge on any atom is -0.481 e. The van der Waals surface area contributed by atoms with Crippen LogP contribution in [-0.4, -0.2) is 31.3 Å². The number of hydrogen-bond acceptors (Lipinski definition) is 3. The second kappa shape index (κ2) is 7.29. The lowest BCUT2D eigenvalue weighted by Gasteiger charge is -2.18. The van der Waals surface area contributed by atoms with Crippen LogP contribution in [0.4, 0.5) is 0 Å². The molecule has 0 unspecified atom stereocenters. The van der Waals surface area contributed by atoms with E-state index in [-0.39, 0.29) is 12.0 Å². The molecule has 1 aromatic carbocycles. The number of hydrogen-bond donors (Lipinski definition) is 1. The van der Waals surface area contributed by atoms with Gasteiger partial charge >= 0.3 is 0 Å². The maximum Gasteiger partial charge on any atom is 0.261 e. The maximum absolute atomic E-state index is 12.1. The first-order chi connectivity index (χ1) is 9.69. The Bertz CT molecular complexity index is 424. The van der Waals surface area contributed by atoms with Gasteiger partial charge in [-0.2, -0.15) is 0 Å². The zero-order chi connectivity index (χ0) is 14.4. The van der Waals surface area contributed by atoms with Crippen LogP contribution in [0.5, 0.6) is 5.75 Å². The van der Waals surface area contributed by atoms with Crippen molar-refractivity contribution in [3.05, 3.63) is 29.8 Å². The van der Waals surface area contributed by atoms with Crippen LogP contribution in [0.1, 0.15) is 31.7 Å². The monoisotopic (exact) mass is 277 g/mol. The molecular weight excluding hydrogens is 254 g/mol. The smallest absolute Gasteiger partial charge is 0.261 e. The Kier molecular flexibility index (Phi) is 5.41. The van der Waals surface area contributed by atoms with E-state index >= 15 is 0 Å². The number of carbonyl (C=O) groups excluding carboxylic acids is 1. The average Bonchev–Trinajstić information content (AvgIpc) is 2.97. The van der Waals surface area contributed by atoms with Crippen molar-refractivity contribution in [2.75, 3.05) is 13.2 Å². The van der Waals surface area contributed by atoms with Crippen molar-refractivity contribution in [3.63, 3.8) is 0 Å². The van der Waals surface area contributed by atoms with Crippen LogP contribution in [-0.2, 0) is 9.53 Å². The molecule has 4 heteroatoms. The van der Waals surface area contributed by atoms with E-state index in [1.54, 1.807) is 0 Å². The van der Waals surface area contributed by atoms with Crippen molar-refractivity contribution in [2.24, 2.45) is 0 Å². The largest absolute Gasteiger partial charge is 0.481 e. The fourth-order valence-electron chi connectivity index (χ4n) is 2.24. The van der Waals surface area contributed by atoms with Crippen LogP contribution in [0.25, 0.3) is 0 Å². The molecule has 1 aliphatic rings. The van der Waals surface area contributed by atoms with Crippen molar-refractivity contribution in [1.82, 2.24) is 5.32 Å². The van der Waals surface area contributed by atoms with E-state index < -0.39 is 6.10 Å². The number of rotatable bonds is 6. The van der Waals surface area contributed by atoms with Gasteiger partial charge in [0.15, 0.2) is 6.10 Å². The summed E-state index contributed by atoms with van der Waals surface area (Å²) in [6.07, 6.45) is 2.47. The first kappa shape index (κ1) is 14.9. The fraction of sp³-hybridized carbons (Fsp3) is 0.562. The molecule has 1 fully saturated rings. The highest BCUT2D eigenvalue weighted by molar-refractivity contribution is 5.81. The van der Waals surface area contributed by atoms with Gasteiger partial charge in [0.05, 0.1) is 6.10 Å². The quantitative estimate of drug-likeness (QED) is 0.869. The van der Waals surface area contributed by atoms with E-state index in [9.17, 15) is 4.79 Å². The van der Waals surface area contributed by atoms with E-state index in [4.69, 9.17) is 9.47 Å². The third-order valence-corrected chi connectivity index (χ3v) is 3.49. The molecule has 1 N–H and O–H groups in total. The van der Waals surface area contributed by atoms with Gasteiger partial charge in [0.2, 0.25) is 0 Å². The number of nitrogens with one attached hydrogen (secondary N) is 1. The summed E-state index contributed by atoms with van der Waals surface area (Å²) in [7, 11) is 0.